The lowest BCUT2D eigenvalue weighted by molar-refractivity contribution is 0.602. The van der Waals surface area contributed by atoms with E-state index in [0.29, 0.717) is 22.3 Å². The lowest BCUT2D eigenvalue weighted by Gasteiger charge is -2.00. The summed E-state index contributed by atoms with van der Waals surface area (Å²) in [7, 11) is -3.13. The summed E-state index contributed by atoms with van der Waals surface area (Å²) in [4.78, 5) is 4.55. The van der Waals surface area contributed by atoms with Crippen molar-refractivity contribution in [2.24, 2.45) is 16.6 Å². The number of sulfone groups is 1. The molecule has 0 amide bonds. The number of amidine groups is 1. The number of aliphatic imine (C=N–C) groups is 1. The van der Waals surface area contributed by atoms with E-state index in [0.717, 1.165) is 12.8 Å². The van der Waals surface area contributed by atoms with Crippen LogP contribution in [-0.4, -0.2) is 20.5 Å². The second-order valence-electron chi connectivity index (χ2n) is 4.08. The van der Waals surface area contributed by atoms with Crippen molar-refractivity contribution in [3.05, 3.63) is 24.3 Å². The maximum Gasteiger partial charge on any atom is 0.175 e. The molecule has 0 spiro atoms. The van der Waals surface area contributed by atoms with Gasteiger partial charge in [-0.25, -0.2) is 13.4 Å². The molecule has 2 rings (SSSR count). The molecule has 0 unspecified atom stereocenters. The molecule has 5 heteroatoms. The van der Waals surface area contributed by atoms with Crippen molar-refractivity contribution in [3.63, 3.8) is 0 Å². The van der Waals surface area contributed by atoms with Gasteiger partial charge in [0.2, 0.25) is 0 Å². The molecule has 0 bridgehead atoms. The first-order chi connectivity index (χ1) is 7.47. The largest absolute Gasteiger partial charge is 0.387 e. The summed E-state index contributed by atoms with van der Waals surface area (Å²) in [5, 5.41) is 0. The van der Waals surface area contributed by atoms with Crippen LogP contribution in [0, 0.1) is 5.92 Å². The van der Waals surface area contributed by atoms with Crippen LogP contribution in [0.3, 0.4) is 0 Å². The maximum atomic E-state index is 11.2. The fourth-order valence-electron chi connectivity index (χ4n) is 1.39. The first-order valence-corrected chi connectivity index (χ1v) is 7.00. The summed E-state index contributed by atoms with van der Waals surface area (Å²) in [6.07, 6.45) is 3.40. The standard InChI is InChI=1S/C11H14N2O2S/c1-16(14,15)10-6-4-9(5-7-10)13-11(12)8-2-3-8/h4-8H,2-3H2,1H3,(H2,12,13). The lowest BCUT2D eigenvalue weighted by Crippen LogP contribution is -2.12. The minimum atomic E-state index is -3.13. The van der Waals surface area contributed by atoms with E-state index >= 15 is 0 Å². The number of nitrogens with zero attached hydrogens (tertiary/aromatic N) is 1. The van der Waals surface area contributed by atoms with Gasteiger partial charge in [0.15, 0.2) is 9.84 Å². The Hall–Kier alpha value is -1.36. The summed E-state index contributed by atoms with van der Waals surface area (Å²) in [6.45, 7) is 0. The summed E-state index contributed by atoms with van der Waals surface area (Å²) < 4.78 is 22.4. The molecule has 0 saturated heterocycles. The molecule has 1 aromatic carbocycles. The van der Waals surface area contributed by atoms with Gasteiger partial charge in [-0.1, -0.05) is 0 Å². The molecule has 0 aromatic heterocycles. The molecule has 1 saturated carbocycles. The van der Waals surface area contributed by atoms with Crippen molar-refractivity contribution >= 4 is 21.4 Å². The quantitative estimate of drug-likeness (QED) is 0.640. The molecule has 1 aliphatic carbocycles. The molecular weight excluding hydrogens is 224 g/mol. The van der Waals surface area contributed by atoms with Crippen molar-refractivity contribution in [1.82, 2.24) is 0 Å². The first kappa shape index (κ1) is 11.1. The molecule has 86 valence electrons. The van der Waals surface area contributed by atoms with Crippen LogP contribution in [0.2, 0.25) is 0 Å². The highest BCUT2D eigenvalue weighted by Crippen LogP contribution is 2.30. The van der Waals surface area contributed by atoms with Crippen molar-refractivity contribution in [3.8, 4) is 0 Å². The Bertz CT molecular complexity index is 513. The monoisotopic (exact) mass is 238 g/mol. The SMILES string of the molecule is CS(=O)(=O)c1ccc(N=C(N)C2CC2)cc1. The van der Waals surface area contributed by atoms with E-state index in [2.05, 4.69) is 4.99 Å². The van der Waals surface area contributed by atoms with Gasteiger partial charge in [0, 0.05) is 12.2 Å². The fourth-order valence-corrected chi connectivity index (χ4v) is 2.02. The highest BCUT2D eigenvalue weighted by Gasteiger charge is 2.25. The highest BCUT2D eigenvalue weighted by molar-refractivity contribution is 7.90. The topological polar surface area (TPSA) is 72.5 Å². The van der Waals surface area contributed by atoms with E-state index in [4.69, 9.17) is 5.73 Å². The minimum Gasteiger partial charge on any atom is -0.387 e. The van der Waals surface area contributed by atoms with Crippen LogP contribution in [0.1, 0.15) is 12.8 Å². The van der Waals surface area contributed by atoms with Gasteiger partial charge in [-0.05, 0) is 37.1 Å². The van der Waals surface area contributed by atoms with Crippen molar-refractivity contribution in [1.29, 1.82) is 0 Å². The van der Waals surface area contributed by atoms with Crippen LogP contribution in [0.4, 0.5) is 5.69 Å². The molecule has 0 aliphatic heterocycles. The molecule has 16 heavy (non-hydrogen) atoms. The van der Waals surface area contributed by atoms with E-state index in [-0.39, 0.29) is 0 Å². The molecule has 1 aliphatic rings. The van der Waals surface area contributed by atoms with E-state index in [1.165, 1.54) is 6.26 Å². The van der Waals surface area contributed by atoms with Crippen LogP contribution in [0.25, 0.3) is 0 Å². The third-order valence-electron chi connectivity index (χ3n) is 2.52. The van der Waals surface area contributed by atoms with E-state index in [1.54, 1.807) is 24.3 Å². The van der Waals surface area contributed by atoms with Crippen molar-refractivity contribution < 1.29 is 8.42 Å². The van der Waals surface area contributed by atoms with Crippen molar-refractivity contribution in [2.75, 3.05) is 6.26 Å². The molecule has 0 radical (unpaired) electrons. The van der Waals surface area contributed by atoms with Gasteiger partial charge in [-0.2, -0.15) is 0 Å². The molecule has 2 N–H and O–H groups in total. The van der Waals surface area contributed by atoms with Gasteiger partial charge in [-0.3, -0.25) is 0 Å². The number of benzene rings is 1. The molecule has 1 aromatic rings. The lowest BCUT2D eigenvalue weighted by atomic mass is 10.3. The number of hydrogen-bond acceptors (Lipinski definition) is 3. The van der Waals surface area contributed by atoms with E-state index in [1.807, 2.05) is 0 Å². The normalized spacial score (nSPS) is 17.4. The van der Waals surface area contributed by atoms with Gasteiger partial charge in [-0.15, -0.1) is 0 Å². The van der Waals surface area contributed by atoms with E-state index < -0.39 is 9.84 Å². The molecular formula is C11H14N2O2S. The first-order valence-electron chi connectivity index (χ1n) is 5.11. The molecule has 4 nitrogen and oxygen atoms in total. The predicted molar refractivity (Wildman–Crippen MR) is 63.6 cm³/mol. The summed E-state index contributed by atoms with van der Waals surface area (Å²) in [5.74, 6) is 1.07. The average Bonchev–Trinajstić information content (AvgIpc) is 3.00. The van der Waals surface area contributed by atoms with Crippen LogP contribution in [0.15, 0.2) is 34.2 Å². The smallest absolute Gasteiger partial charge is 0.175 e. The van der Waals surface area contributed by atoms with Gasteiger partial charge >= 0.3 is 0 Å². The number of rotatable bonds is 3. The third-order valence-corrected chi connectivity index (χ3v) is 3.65. The summed E-state index contributed by atoms with van der Waals surface area (Å²) >= 11 is 0. The zero-order valence-electron chi connectivity index (χ0n) is 9.05. The average molecular weight is 238 g/mol. The Morgan fingerprint density at radius 1 is 1.31 bits per heavy atom. The minimum absolute atomic E-state index is 0.302. The van der Waals surface area contributed by atoms with Crippen molar-refractivity contribution in [2.45, 2.75) is 17.7 Å². The molecule has 0 atom stereocenters. The van der Waals surface area contributed by atoms with Crippen LogP contribution >= 0.6 is 0 Å². The van der Waals surface area contributed by atoms with E-state index in [9.17, 15) is 8.42 Å². The molecule has 0 heterocycles. The molecule has 1 fully saturated rings. The maximum absolute atomic E-state index is 11.2. The number of nitrogens with two attached hydrogens (primary N) is 1. The Morgan fingerprint density at radius 2 is 1.88 bits per heavy atom. The fraction of sp³-hybridized carbons (Fsp3) is 0.364. The second-order valence-corrected chi connectivity index (χ2v) is 6.09. The van der Waals surface area contributed by atoms with Gasteiger partial charge in [0.25, 0.3) is 0 Å². The predicted octanol–water partition coefficient (Wildman–Crippen LogP) is 1.49. The Balaban J connectivity index is 2.22. The second kappa shape index (κ2) is 3.90. The van der Waals surface area contributed by atoms with Gasteiger partial charge < -0.3 is 5.73 Å². The Kier molecular flexibility index (Phi) is 2.71. The third kappa shape index (κ3) is 2.61. The Morgan fingerprint density at radius 3 is 2.31 bits per heavy atom. The van der Waals surface area contributed by atoms with Crippen LogP contribution in [0.5, 0.6) is 0 Å². The van der Waals surface area contributed by atoms with Crippen LogP contribution < -0.4 is 5.73 Å². The van der Waals surface area contributed by atoms with Gasteiger partial charge in [0.05, 0.1) is 10.6 Å². The zero-order chi connectivity index (χ0) is 11.8. The van der Waals surface area contributed by atoms with Crippen LogP contribution in [-0.2, 0) is 9.84 Å². The Labute approximate surface area is 95.1 Å². The van der Waals surface area contributed by atoms with Gasteiger partial charge in [0.1, 0.15) is 5.84 Å². The summed E-state index contributed by atoms with van der Waals surface area (Å²) in [6, 6.07) is 6.44. The zero-order valence-corrected chi connectivity index (χ0v) is 9.87. The summed E-state index contributed by atoms with van der Waals surface area (Å²) in [5.41, 5.74) is 6.47. The number of hydrogen-bond donors (Lipinski definition) is 1. The highest BCUT2D eigenvalue weighted by atomic mass is 32.2.